The van der Waals surface area contributed by atoms with Gasteiger partial charge in [-0.2, -0.15) is 0 Å². The van der Waals surface area contributed by atoms with Gasteiger partial charge >= 0.3 is 5.97 Å². The van der Waals surface area contributed by atoms with Gasteiger partial charge in [0.15, 0.2) is 5.75 Å². The van der Waals surface area contributed by atoms with Crippen molar-refractivity contribution >= 4 is 17.6 Å². The number of fused-ring (bicyclic) bond motifs is 1. The Kier molecular flexibility index (Phi) is 2.41. The Morgan fingerprint density at radius 1 is 1.40 bits per heavy atom. The van der Waals surface area contributed by atoms with Crippen molar-refractivity contribution in [2.24, 2.45) is 0 Å². The largest absolute Gasteiger partial charge is 0.424 e. The second kappa shape index (κ2) is 3.73. The van der Waals surface area contributed by atoms with Crippen LogP contribution >= 0.6 is 0 Å². The van der Waals surface area contributed by atoms with Crippen LogP contribution < -0.4 is 10.1 Å². The second-order valence-electron chi connectivity index (χ2n) is 3.43. The summed E-state index contributed by atoms with van der Waals surface area (Å²) in [6, 6.07) is 5.40. The first-order valence-corrected chi connectivity index (χ1v) is 4.77. The molecular weight excluding hydrogens is 194 g/mol. The van der Waals surface area contributed by atoms with Crippen LogP contribution in [-0.4, -0.2) is 11.9 Å². The van der Waals surface area contributed by atoms with Crippen LogP contribution in [0.4, 0.5) is 5.69 Å². The van der Waals surface area contributed by atoms with Crippen LogP contribution in [0, 0.1) is 0 Å². The molecule has 0 saturated heterocycles. The standard InChI is InChI=1S/C11H11NO3/c1-7(13)15-9-4-2-3-8-5-6-10(14)12-11(8)9/h2-4H,5-6H2,1H3,(H,12,14). The van der Waals surface area contributed by atoms with E-state index in [1.54, 1.807) is 6.07 Å². The van der Waals surface area contributed by atoms with E-state index in [2.05, 4.69) is 5.32 Å². The molecule has 1 aromatic rings. The second-order valence-corrected chi connectivity index (χ2v) is 3.43. The monoisotopic (exact) mass is 205 g/mol. The molecule has 0 saturated carbocycles. The van der Waals surface area contributed by atoms with Crippen LogP contribution in [-0.2, 0) is 16.0 Å². The van der Waals surface area contributed by atoms with Crippen LogP contribution in [0.2, 0.25) is 0 Å². The van der Waals surface area contributed by atoms with Gasteiger partial charge in [-0.25, -0.2) is 0 Å². The molecule has 1 aromatic carbocycles. The molecule has 1 aliphatic rings. The average molecular weight is 205 g/mol. The van der Waals surface area contributed by atoms with Gasteiger partial charge in [0.25, 0.3) is 0 Å². The lowest BCUT2D eigenvalue weighted by atomic mass is 10.0. The molecule has 1 N–H and O–H groups in total. The van der Waals surface area contributed by atoms with Crippen LogP contribution in [0.15, 0.2) is 18.2 Å². The lowest BCUT2D eigenvalue weighted by Crippen LogP contribution is -2.20. The molecule has 1 heterocycles. The maximum atomic E-state index is 11.2. The third kappa shape index (κ3) is 1.98. The zero-order valence-electron chi connectivity index (χ0n) is 8.37. The predicted octanol–water partition coefficient (Wildman–Crippen LogP) is 1.50. The van der Waals surface area contributed by atoms with Crippen molar-refractivity contribution in [3.63, 3.8) is 0 Å². The summed E-state index contributed by atoms with van der Waals surface area (Å²) in [5.74, 6) is -0.00151. The number of ether oxygens (including phenoxy) is 1. The van der Waals surface area contributed by atoms with E-state index in [9.17, 15) is 9.59 Å². The highest BCUT2D eigenvalue weighted by Gasteiger charge is 2.18. The van der Waals surface area contributed by atoms with Gasteiger partial charge in [-0.05, 0) is 18.1 Å². The Bertz CT molecular complexity index is 426. The van der Waals surface area contributed by atoms with Gasteiger partial charge in [0.2, 0.25) is 5.91 Å². The molecule has 78 valence electrons. The third-order valence-electron chi connectivity index (χ3n) is 2.25. The first-order valence-electron chi connectivity index (χ1n) is 4.77. The summed E-state index contributed by atoms with van der Waals surface area (Å²) in [4.78, 5) is 22.1. The zero-order valence-corrected chi connectivity index (χ0v) is 8.37. The molecule has 0 bridgehead atoms. The fourth-order valence-electron chi connectivity index (χ4n) is 1.62. The molecule has 15 heavy (non-hydrogen) atoms. The molecule has 1 amide bonds. The van der Waals surface area contributed by atoms with Gasteiger partial charge < -0.3 is 10.1 Å². The minimum Gasteiger partial charge on any atom is -0.424 e. The lowest BCUT2D eigenvalue weighted by molar-refractivity contribution is -0.132. The van der Waals surface area contributed by atoms with Crippen molar-refractivity contribution in [3.8, 4) is 5.75 Å². The Labute approximate surface area is 87.2 Å². The van der Waals surface area contributed by atoms with Crippen molar-refractivity contribution < 1.29 is 14.3 Å². The molecule has 4 heteroatoms. The number of carbonyl (C=O) groups is 2. The van der Waals surface area contributed by atoms with Gasteiger partial charge in [0.1, 0.15) is 0 Å². The average Bonchev–Trinajstić information content (AvgIpc) is 2.18. The number of anilines is 1. The fourth-order valence-corrected chi connectivity index (χ4v) is 1.62. The van der Waals surface area contributed by atoms with E-state index in [1.807, 2.05) is 12.1 Å². The lowest BCUT2D eigenvalue weighted by Gasteiger charge is -2.18. The van der Waals surface area contributed by atoms with Crippen molar-refractivity contribution in [1.82, 2.24) is 0 Å². The normalized spacial score (nSPS) is 14.1. The summed E-state index contributed by atoms with van der Waals surface area (Å²) >= 11 is 0. The van der Waals surface area contributed by atoms with Crippen LogP contribution in [0.1, 0.15) is 18.9 Å². The number of nitrogens with one attached hydrogen (secondary N) is 1. The summed E-state index contributed by atoms with van der Waals surface area (Å²) in [6.07, 6.45) is 1.17. The summed E-state index contributed by atoms with van der Waals surface area (Å²) in [7, 11) is 0. The van der Waals surface area contributed by atoms with E-state index in [0.717, 1.165) is 5.56 Å². The van der Waals surface area contributed by atoms with Crippen LogP contribution in [0.3, 0.4) is 0 Å². The van der Waals surface area contributed by atoms with E-state index in [-0.39, 0.29) is 11.9 Å². The molecule has 0 aliphatic carbocycles. The molecule has 2 rings (SSSR count). The SMILES string of the molecule is CC(=O)Oc1cccc2c1NC(=O)CC2. The predicted molar refractivity (Wildman–Crippen MR) is 54.7 cm³/mol. The summed E-state index contributed by atoms with van der Waals surface area (Å²) in [5, 5.41) is 2.72. The Morgan fingerprint density at radius 2 is 2.20 bits per heavy atom. The van der Waals surface area contributed by atoms with Crippen molar-refractivity contribution in [1.29, 1.82) is 0 Å². The number of hydrogen-bond donors (Lipinski definition) is 1. The summed E-state index contributed by atoms with van der Waals surface area (Å²) in [5.41, 5.74) is 1.64. The highest BCUT2D eigenvalue weighted by Crippen LogP contribution is 2.32. The first kappa shape index (κ1) is 9.71. The molecule has 0 fully saturated rings. The van der Waals surface area contributed by atoms with E-state index in [0.29, 0.717) is 24.3 Å². The zero-order chi connectivity index (χ0) is 10.8. The molecule has 0 unspecified atom stereocenters. The molecular formula is C11H11NO3. The third-order valence-corrected chi connectivity index (χ3v) is 2.25. The number of aryl methyl sites for hydroxylation is 1. The quantitative estimate of drug-likeness (QED) is 0.558. The van der Waals surface area contributed by atoms with Gasteiger partial charge in [-0.3, -0.25) is 9.59 Å². The smallest absolute Gasteiger partial charge is 0.308 e. The van der Waals surface area contributed by atoms with Gasteiger partial charge in [0.05, 0.1) is 5.69 Å². The topological polar surface area (TPSA) is 55.4 Å². The molecule has 1 aliphatic heterocycles. The van der Waals surface area contributed by atoms with Gasteiger partial charge in [-0.1, -0.05) is 12.1 Å². The van der Waals surface area contributed by atoms with Gasteiger partial charge in [-0.15, -0.1) is 0 Å². The maximum Gasteiger partial charge on any atom is 0.308 e. The van der Waals surface area contributed by atoms with Gasteiger partial charge in [0, 0.05) is 13.3 Å². The van der Waals surface area contributed by atoms with Crippen molar-refractivity contribution in [3.05, 3.63) is 23.8 Å². The minimum absolute atomic E-state index is 0.0397. The van der Waals surface area contributed by atoms with E-state index in [4.69, 9.17) is 4.74 Å². The number of para-hydroxylation sites is 1. The molecule has 0 spiro atoms. The molecule has 0 radical (unpaired) electrons. The summed E-state index contributed by atoms with van der Waals surface area (Å²) < 4.78 is 5.01. The van der Waals surface area contributed by atoms with E-state index < -0.39 is 0 Å². The van der Waals surface area contributed by atoms with Crippen molar-refractivity contribution in [2.45, 2.75) is 19.8 Å². The van der Waals surface area contributed by atoms with E-state index >= 15 is 0 Å². The number of esters is 1. The number of benzene rings is 1. The van der Waals surface area contributed by atoms with Crippen molar-refractivity contribution in [2.75, 3.05) is 5.32 Å². The molecule has 4 nitrogen and oxygen atoms in total. The van der Waals surface area contributed by atoms with E-state index in [1.165, 1.54) is 6.92 Å². The highest BCUT2D eigenvalue weighted by atomic mass is 16.5. The molecule has 0 atom stereocenters. The summed E-state index contributed by atoms with van der Waals surface area (Å²) in [6.45, 7) is 1.34. The number of carbonyl (C=O) groups excluding carboxylic acids is 2. The number of amides is 1. The Morgan fingerprint density at radius 3 is 2.93 bits per heavy atom. The first-order chi connectivity index (χ1) is 7.16. The number of rotatable bonds is 1. The van der Waals surface area contributed by atoms with Crippen LogP contribution in [0.5, 0.6) is 5.75 Å². The maximum absolute atomic E-state index is 11.2. The fraction of sp³-hybridized carbons (Fsp3) is 0.273. The highest BCUT2D eigenvalue weighted by molar-refractivity contribution is 5.96. The Hall–Kier alpha value is -1.84. The van der Waals surface area contributed by atoms with Crippen LogP contribution in [0.25, 0.3) is 0 Å². The molecule has 0 aromatic heterocycles. The number of hydrogen-bond acceptors (Lipinski definition) is 3. The minimum atomic E-state index is -0.386. The Balaban J connectivity index is 2.39.